The third kappa shape index (κ3) is 3.44. The molecular formula is C14H17BrClNO3. The molecule has 20 heavy (non-hydrogen) atoms. The first-order valence-electron chi connectivity index (χ1n) is 6.59. The van der Waals surface area contributed by atoms with E-state index in [-0.39, 0.29) is 29.1 Å². The molecule has 0 aromatic rings. The smallest absolute Gasteiger partial charge is 0.308 e. The molecule has 1 aliphatic carbocycles. The van der Waals surface area contributed by atoms with E-state index < -0.39 is 0 Å². The SMILES string of the molecule is COC(=O)C1CCN(C(=O)C2C=CC(Br)=CC2Cl)CC1. The lowest BCUT2D eigenvalue weighted by Gasteiger charge is -2.33. The monoisotopic (exact) mass is 361 g/mol. The van der Waals surface area contributed by atoms with Crippen LogP contribution in [0.1, 0.15) is 12.8 Å². The van der Waals surface area contributed by atoms with Crippen molar-refractivity contribution in [1.29, 1.82) is 0 Å². The average molecular weight is 363 g/mol. The van der Waals surface area contributed by atoms with Gasteiger partial charge in [0.05, 0.1) is 24.3 Å². The highest BCUT2D eigenvalue weighted by Crippen LogP contribution is 2.28. The molecule has 1 saturated heterocycles. The molecule has 2 aliphatic rings. The molecule has 4 nitrogen and oxygen atoms in total. The summed E-state index contributed by atoms with van der Waals surface area (Å²) in [7, 11) is 1.40. The third-order valence-electron chi connectivity index (χ3n) is 3.75. The van der Waals surface area contributed by atoms with Crippen LogP contribution in [0.4, 0.5) is 0 Å². The second-order valence-electron chi connectivity index (χ2n) is 5.00. The Morgan fingerprint density at radius 3 is 2.60 bits per heavy atom. The number of carbonyl (C=O) groups is 2. The average Bonchev–Trinajstić information content (AvgIpc) is 2.46. The van der Waals surface area contributed by atoms with Gasteiger partial charge in [0.1, 0.15) is 0 Å². The van der Waals surface area contributed by atoms with E-state index in [1.54, 1.807) is 4.90 Å². The number of ether oxygens (including phenoxy) is 1. The molecule has 0 radical (unpaired) electrons. The fourth-order valence-corrected chi connectivity index (χ4v) is 3.46. The Kier molecular flexibility index (Phi) is 5.27. The fraction of sp³-hybridized carbons (Fsp3) is 0.571. The molecule has 1 fully saturated rings. The largest absolute Gasteiger partial charge is 0.469 e. The predicted octanol–water partition coefficient (Wildman–Crippen LogP) is 2.47. The number of hydrogen-bond donors (Lipinski definition) is 0. The van der Waals surface area contributed by atoms with E-state index in [0.29, 0.717) is 25.9 Å². The van der Waals surface area contributed by atoms with Crippen molar-refractivity contribution in [2.24, 2.45) is 11.8 Å². The number of nitrogens with zero attached hydrogens (tertiary/aromatic N) is 1. The first-order chi connectivity index (χ1) is 9.52. The van der Waals surface area contributed by atoms with Crippen LogP contribution >= 0.6 is 27.5 Å². The number of halogens is 2. The van der Waals surface area contributed by atoms with Crippen molar-refractivity contribution in [1.82, 2.24) is 4.90 Å². The normalized spacial score (nSPS) is 27.1. The number of allylic oxidation sites excluding steroid dienone is 3. The maximum Gasteiger partial charge on any atom is 0.308 e. The summed E-state index contributed by atoms with van der Waals surface area (Å²) in [4.78, 5) is 25.7. The molecule has 1 aliphatic heterocycles. The zero-order valence-electron chi connectivity index (χ0n) is 11.2. The van der Waals surface area contributed by atoms with Gasteiger partial charge in [-0.3, -0.25) is 9.59 Å². The molecule has 0 saturated carbocycles. The molecule has 0 N–H and O–H groups in total. The molecule has 2 atom stereocenters. The highest BCUT2D eigenvalue weighted by atomic mass is 79.9. The van der Waals surface area contributed by atoms with Crippen molar-refractivity contribution in [3.05, 3.63) is 22.7 Å². The number of piperidine rings is 1. The van der Waals surface area contributed by atoms with Crippen molar-refractivity contribution in [3.63, 3.8) is 0 Å². The molecule has 0 aromatic carbocycles. The first-order valence-corrected chi connectivity index (χ1v) is 7.82. The Balaban J connectivity index is 1.93. The number of rotatable bonds is 2. The number of hydrogen-bond acceptors (Lipinski definition) is 3. The number of carbonyl (C=O) groups excluding carboxylic acids is 2. The molecule has 0 aromatic heterocycles. The van der Waals surface area contributed by atoms with Gasteiger partial charge in [0.25, 0.3) is 0 Å². The van der Waals surface area contributed by atoms with Gasteiger partial charge in [-0.15, -0.1) is 11.6 Å². The minimum atomic E-state index is -0.333. The molecule has 2 unspecified atom stereocenters. The lowest BCUT2D eigenvalue weighted by atomic mass is 9.93. The number of likely N-dealkylation sites (tertiary alicyclic amines) is 1. The zero-order chi connectivity index (χ0) is 14.7. The zero-order valence-corrected chi connectivity index (χ0v) is 13.6. The van der Waals surface area contributed by atoms with Gasteiger partial charge in [-0.25, -0.2) is 0 Å². The van der Waals surface area contributed by atoms with Crippen LogP contribution < -0.4 is 0 Å². The molecule has 0 bridgehead atoms. The number of amides is 1. The molecule has 1 heterocycles. The minimum Gasteiger partial charge on any atom is -0.469 e. The summed E-state index contributed by atoms with van der Waals surface area (Å²) in [6, 6.07) is 0. The first kappa shape index (κ1) is 15.6. The van der Waals surface area contributed by atoms with Crippen LogP contribution in [-0.2, 0) is 14.3 Å². The van der Waals surface area contributed by atoms with Crippen LogP contribution in [0.2, 0.25) is 0 Å². The van der Waals surface area contributed by atoms with Crippen LogP contribution in [0, 0.1) is 11.8 Å². The van der Waals surface area contributed by atoms with Gasteiger partial charge in [0.15, 0.2) is 0 Å². The van der Waals surface area contributed by atoms with Crippen molar-refractivity contribution in [3.8, 4) is 0 Å². The van der Waals surface area contributed by atoms with Gasteiger partial charge in [-0.05, 0) is 12.8 Å². The molecule has 1 amide bonds. The highest BCUT2D eigenvalue weighted by molar-refractivity contribution is 9.11. The third-order valence-corrected chi connectivity index (χ3v) is 4.68. The summed E-state index contributed by atoms with van der Waals surface area (Å²) in [5.74, 6) is -0.572. The summed E-state index contributed by atoms with van der Waals surface area (Å²) in [6.45, 7) is 1.16. The molecule has 0 spiro atoms. The molecular weight excluding hydrogens is 346 g/mol. The summed E-state index contributed by atoms with van der Waals surface area (Å²) >= 11 is 9.56. The standard InChI is InChI=1S/C14H17BrClNO3/c1-20-14(19)9-4-6-17(7-5-9)13(18)11-3-2-10(15)8-12(11)16/h2-3,8-9,11-12H,4-7H2,1H3. The summed E-state index contributed by atoms with van der Waals surface area (Å²) < 4.78 is 5.64. The summed E-state index contributed by atoms with van der Waals surface area (Å²) in [5, 5.41) is -0.333. The van der Waals surface area contributed by atoms with Crippen LogP contribution in [0.15, 0.2) is 22.7 Å². The van der Waals surface area contributed by atoms with E-state index >= 15 is 0 Å². The van der Waals surface area contributed by atoms with E-state index in [4.69, 9.17) is 16.3 Å². The van der Waals surface area contributed by atoms with E-state index in [1.165, 1.54) is 7.11 Å². The minimum absolute atomic E-state index is 0.0285. The van der Waals surface area contributed by atoms with Gasteiger partial charge in [-0.2, -0.15) is 0 Å². The summed E-state index contributed by atoms with van der Waals surface area (Å²) in [6.07, 6.45) is 6.81. The topological polar surface area (TPSA) is 46.6 Å². The predicted molar refractivity (Wildman–Crippen MR) is 80.6 cm³/mol. The van der Waals surface area contributed by atoms with Gasteiger partial charge in [0.2, 0.25) is 5.91 Å². The maximum atomic E-state index is 12.4. The van der Waals surface area contributed by atoms with Crippen LogP contribution in [0.3, 0.4) is 0 Å². The van der Waals surface area contributed by atoms with E-state index in [1.807, 2.05) is 18.2 Å². The van der Waals surface area contributed by atoms with Gasteiger partial charge in [-0.1, -0.05) is 34.2 Å². The van der Waals surface area contributed by atoms with Crippen LogP contribution in [0.5, 0.6) is 0 Å². The lowest BCUT2D eigenvalue weighted by molar-refractivity contribution is -0.149. The van der Waals surface area contributed by atoms with E-state index in [9.17, 15) is 9.59 Å². The Morgan fingerprint density at radius 1 is 1.40 bits per heavy atom. The van der Waals surface area contributed by atoms with Gasteiger partial charge < -0.3 is 9.64 Å². The fourth-order valence-electron chi connectivity index (χ4n) is 2.54. The number of methoxy groups -OCH3 is 1. The molecule has 6 heteroatoms. The quantitative estimate of drug-likeness (QED) is 0.560. The Labute approximate surface area is 131 Å². The maximum absolute atomic E-state index is 12.4. The van der Waals surface area contributed by atoms with Crippen molar-refractivity contribution >= 4 is 39.4 Å². The molecule has 2 rings (SSSR count). The number of esters is 1. The number of alkyl halides is 1. The van der Waals surface area contributed by atoms with Crippen LogP contribution in [0.25, 0.3) is 0 Å². The van der Waals surface area contributed by atoms with Crippen molar-refractivity contribution < 1.29 is 14.3 Å². The van der Waals surface area contributed by atoms with Gasteiger partial charge >= 0.3 is 5.97 Å². The second kappa shape index (κ2) is 6.76. The van der Waals surface area contributed by atoms with E-state index in [2.05, 4.69) is 15.9 Å². The Morgan fingerprint density at radius 2 is 2.05 bits per heavy atom. The van der Waals surface area contributed by atoms with Crippen molar-refractivity contribution in [2.75, 3.05) is 20.2 Å². The van der Waals surface area contributed by atoms with Gasteiger partial charge in [0, 0.05) is 17.6 Å². The molecule has 110 valence electrons. The summed E-state index contributed by atoms with van der Waals surface area (Å²) in [5.41, 5.74) is 0. The second-order valence-corrected chi connectivity index (χ2v) is 6.42. The van der Waals surface area contributed by atoms with Crippen LogP contribution in [-0.4, -0.2) is 42.4 Å². The Hall–Kier alpha value is -0.810. The van der Waals surface area contributed by atoms with E-state index in [0.717, 1.165) is 4.48 Å². The Bertz CT molecular complexity index is 455. The lowest BCUT2D eigenvalue weighted by Crippen LogP contribution is -2.44. The highest BCUT2D eigenvalue weighted by Gasteiger charge is 2.33. The van der Waals surface area contributed by atoms with Crippen molar-refractivity contribution in [2.45, 2.75) is 18.2 Å².